The van der Waals surface area contributed by atoms with Gasteiger partial charge in [0.2, 0.25) is 0 Å². The summed E-state index contributed by atoms with van der Waals surface area (Å²) >= 11 is 5.82. The molecular formula is C16H12ClN3O. The summed E-state index contributed by atoms with van der Waals surface area (Å²) in [5.41, 5.74) is 3.41. The molecule has 0 radical (unpaired) electrons. The van der Waals surface area contributed by atoms with Crippen LogP contribution in [0, 0.1) is 6.92 Å². The van der Waals surface area contributed by atoms with E-state index in [1.165, 1.54) is 0 Å². The molecule has 0 bridgehead atoms. The number of carbonyl (C=O) groups is 1. The summed E-state index contributed by atoms with van der Waals surface area (Å²) in [5, 5.41) is 3.46. The van der Waals surface area contributed by atoms with Crippen molar-refractivity contribution in [1.29, 1.82) is 0 Å². The molecule has 2 aromatic carbocycles. The molecule has 1 N–H and O–H groups in total. The van der Waals surface area contributed by atoms with Crippen LogP contribution in [0.5, 0.6) is 0 Å². The summed E-state index contributed by atoms with van der Waals surface area (Å²) in [4.78, 5) is 21.0. The highest BCUT2D eigenvalue weighted by molar-refractivity contribution is 6.30. The van der Waals surface area contributed by atoms with Crippen LogP contribution in [0.15, 0.2) is 48.7 Å². The van der Waals surface area contributed by atoms with E-state index in [0.717, 1.165) is 11.2 Å². The van der Waals surface area contributed by atoms with E-state index in [1.54, 1.807) is 30.5 Å². The zero-order chi connectivity index (χ0) is 14.8. The Bertz CT molecular complexity index is 815. The number of nitrogens with zero attached hydrogens (tertiary/aromatic N) is 2. The molecule has 0 atom stereocenters. The lowest BCUT2D eigenvalue weighted by atomic mass is 10.2. The minimum absolute atomic E-state index is 0.206. The van der Waals surface area contributed by atoms with Crippen molar-refractivity contribution >= 4 is 34.2 Å². The van der Waals surface area contributed by atoms with Crippen molar-refractivity contribution in [3.05, 3.63) is 64.9 Å². The first kappa shape index (κ1) is 13.5. The zero-order valence-electron chi connectivity index (χ0n) is 11.3. The Kier molecular flexibility index (Phi) is 3.54. The van der Waals surface area contributed by atoms with Crippen LogP contribution in [-0.2, 0) is 0 Å². The molecule has 0 aliphatic carbocycles. The molecule has 0 saturated heterocycles. The number of nitrogens with one attached hydrogen (secondary N) is 1. The first-order valence-corrected chi connectivity index (χ1v) is 6.80. The standard InChI is InChI=1S/C16H12ClN3O/c1-10-9-18-13-3-2-4-14(15(13)19-10)20-16(21)11-5-7-12(17)8-6-11/h2-9H,1H3,(H,20,21). The van der Waals surface area contributed by atoms with Crippen LogP contribution in [0.2, 0.25) is 5.02 Å². The molecule has 1 amide bonds. The molecule has 0 saturated carbocycles. The van der Waals surface area contributed by atoms with Gasteiger partial charge in [-0.25, -0.2) is 4.98 Å². The predicted molar refractivity (Wildman–Crippen MR) is 83.7 cm³/mol. The lowest BCUT2D eigenvalue weighted by Gasteiger charge is -2.08. The number of hydrogen-bond donors (Lipinski definition) is 1. The number of carbonyl (C=O) groups excluding carboxylic acids is 1. The van der Waals surface area contributed by atoms with Crippen LogP contribution >= 0.6 is 11.6 Å². The maximum Gasteiger partial charge on any atom is 0.255 e. The third kappa shape index (κ3) is 2.85. The second-order valence-electron chi connectivity index (χ2n) is 4.65. The van der Waals surface area contributed by atoms with Gasteiger partial charge in [0.1, 0.15) is 5.52 Å². The van der Waals surface area contributed by atoms with Crippen molar-refractivity contribution < 1.29 is 4.79 Å². The Morgan fingerprint density at radius 2 is 1.90 bits per heavy atom. The van der Waals surface area contributed by atoms with Gasteiger partial charge in [0, 0.05) is 16.8 Å². The average molecular weight is 298 g/mol. The largest absolute Gasteiger partial charge is 0.320 e. The summed E-state index contributed by atoms with van der Waals surface area (Å²) < 4.78 is 0. The molecule has 0 aliphatic rings. The lowest BCUT2D eigenvalue weighted by Crippen LogP contribution is -2.12. The second-order valence-corrected chi connectivity index (χ2v) is 5.08. The fraction of sp³-hybridized carbons (Fsp3) is 0.0625. The van der Waals surface area contributed by atoms with Crippen molar-refractivity contribution in [3.63, 3.8) is 0 Å². The van der Waals surface area contributed by atoms with Crippen LogP contribution in [-0.4, -0.2) is 15.9 Å². The van der Waals surface area contributed by atoms with Crippen LogP contribution in [0.1, 0.15) is 16.1 Å². The summed E-state index contributed by atoms with van der Waals surface area (Å²) in [6.45, 7) is 1.87. The van der Waals surface area contributed by atoms with E-state index in [2.05, 4.69) is 15.3 Å². The highest BCUT2D eigenvalue weighted by Crippen LogP contribution is 2.21. The predicted octanol–water partition coefficient (Wildman–Crippen LogP) is 3.84. The Labute approximate surface area is 126 Å². The zero-order valence-corrected chi connectivity index (χ0v) is 12.1. The second kappa shape index (κ2) is 5.50. The number of aryl methyl sites for hydroxylation is 1. The highest BCUT2D eigenvalue weighted by Gasteiger charge is 2.09. The Hall–Kier alpha value is -2.46. The average Bonchev–Trinajstić information content (AvgIpc) is 2.48. The molecule has 0 unspecified atom stereocenters. The number of amides is 1. The molecule has 5 heteroatoms. The first-order valence-electron chi connectivity index (χ1n) is 6.43. The fourth-order valence-electron chi connectivity index (χ4n) is 2.02. The summed E-state index contributed by atoms with van der Waals surface area (Å²) in [6, 6.07) is 12.2. The lowest BCUT2D eigenvalue weighted by molar-refractivity contribution is 0.102. The van der Waals surface area contributed by atoms with Gasteiger partial charge in [-0.3, -0.25) is 9.78 Å². The van der Waals surface area contributed by atoms with E-state index in [0.29, 0.717) is 21.8 Å². The van der Waals surface area contributed by atoms with E-state index < -0.39 is 0 Å². The molecule has 0 fully saturated rings. The van der Waals surface area contributed by atoms with Gasteiger partial charge in [-0.15, -0.1) is 0 Å². The Morgan fingerprint density at radius 1 is 1.14 bits per heavy atom. The maximum absolute atomic E-state index is 12.3. The van der Waals surface area contributed by atoms with E-state index in [9.17, 15) is 4.79 Å². The number of halogens is 1. The number of para-hydroxylation sites is 1. The fourth-order valence-corrected chi connectivity index (χ4v) is 2.14. The smallest absolute Gasteiger partial charge is 0.255 e. The van der Waals surface area contributed by atoms with E-state index >= 15 is 0 Å². The summed E-state index contributed by atoms with van der Waals surface area (Å²) in [7, 11) is 0. The van der Waals surface area contributed by atoms with Crippen LogP contribution < -0.4 is 5.32 Å². The Morgan fingerprint density at radius 3 is 2.67 bits per heavy atom. The molecular weight excluding hydrogens is 286 g/mol. The molecule has 3 rings (SSSR count). The monoisotopic (exact) mass is 297 g/mol. The number of fused-ring (bicyclic) bond motifs is 1. The molecule has 0 spiro atoms. The summed E-state index contributed by atoms with van der Waals surface area (Å²) in [6.07, 6.45) is 1.70. The third-order valence-electron chi connectivity index (χ3n) is 3.05. The maximum atomic E-state index is 12.3. The van der Waals surface area contributed by atoms with Crippen molar-refractivity contribution in [2.75, 3.05) is 5.32 Å². The van der Waals surface area contributed by atoms with Crippen molar-refractivity contribution in [1.82, 2.24) is 9.97 Å². The quantitative estimate of drug-likeness (QED) is 0.782. The number of rotatable bonds is 2. The van der Waals surface area contributed by atoms with E-state index in [1.807, 2.05) is 25.1 Å². The molecule has 21 heavy (non-hydrogen) atoms. The molecule has 1 heterocycles. The van der Waals surface area contributed by atoms with Crippen LogP contribution in [0.3, 0.4) is 0 Å². The third-order valence-corrected chi connectivity index (χ3v) is 3.30. The number of aromatic nitrogens is 2. The molecule has 0 aliphatic heterocycles. The number of hydrogen-bond acceptors (Lipinski definition) is 3. The van der Waals surface area contributed by atoms with Crippen molar-refractivity contribution in [2.45, 2.75) is 6.92 Å². The van der Waals surface area contributed by atoms with E-state index in [-0.39, 0.29) is 5.91 Å². The molecule has 104 valence electrons. The molecule has 4 nitrogen and oxygen atoms in total. The Balaban J connectivity index is 1.96. The van der Waals surface area contributed by atoms with Gasteiger partial charge >= 0.3 is 0 Å². The van der Waals surface area contributed by atoms with Crippen LogP contribution in [0.25, 0.3) is 11.0 Å². The van der Waals surface area contributed by atoms with Gasteiger partial charge in [-0.1, -0.05) is 17.7 Å². The van der Waals surface area contributed by atoms with E-state index in [4.69, 9.17) is 11.6 Å². The van der Waals surface area contributed by atoms with Gasteiger partial charge in [-0.2, -0.15) is 0 Å². The minimum Gasteiger partial charge on any atom is -0.320 e. The normalized spacial score (nSPS) is 10.6. The topological polar surface area (TPSA) is 54.9 Å². The van der Waals surface area contributed by atoms with Gasteiger partial charge in [0.25, 0.3) is 5.91 Å². The van der Waals surface area contributed by atoms with Gasteiger partial charge < -0.3 is 5.32 Å². The molecule has 3 aromatic rings. The van der Waals surface area contributed by atoms with Crippen LogP contribution in [0.4, 0.5) is 5.69 Å². The van der Waals surface area contributed by atoms with Gasteiger partial charge in [-0.05, 0) is 43.3 Å². The highest BCUT2D eigenvalue weighted by atomic mass is 35.5. The number of anilines is 1. The minimum atomic E-state index is -0.206. The van der Waals surface area contributed by atoms with Gasteiger partial charge in [0.05, 0.1) is 16.9 Å². The number of benzene rings is 2. The van der Waals surface area contributed by atoms with Gasteiger partial charge in [0.15, 0.2) is 0 Å². The first-order chi connectivity index (χ1) is 10.1. The SMILES string of the molecule is Cc1cnc2cccc(NC(=O)c3ccc(Cl)cc3)c2n1. The van der Waals surface area contributed by atoms with Crippen molar-refractivity contribution in [3.8, 4) is 0 Å². The summed E-state index contributed by atoms with van der Waals surface area (Å²) in [5.74, 6) is -0.206. The van der Waals surface area contributed by atoms with Crippen molar-refractivity contribution in [2.24, 2.45) is 0 Å². The molecule has 1 aromatic heterocycles.